The molecule has 1 aromatic carbocycles. The summed E-state index contributed by atoms with van der Waals surface area (Å²) in [5.74, 6) is 1.14. The number of carbonyl (C=O) groups excluding carboxylic acids is 1. The van der Waals surface area contributed by atoms with Crippen LogP contribution in [0, 0.1) is 5.92 Å². The molecule has 1 amide bonds. The zero-order valence-corrected chi connectivity index (χ0v) is 16.7. The highest BCUT2D eigenvalue weighted by atomic mass is 32.2. The molecule has 1 aromatic heterocycles. The van der Waals surface area contributed by atoms with Crippen LogP contribution in [0.4, 0.5) is 5.82 Å². The first-order valence-electron chi connectivity index (χ1n) is 9.98. The van der Waals surface area contributed by atoms with Crippen LogP contribution in [0.3, 0.4) is 0 Å². The van der Waals surface area contributed by atoms with Crippen LogP contribution < -0.4 is 10.2 Å². The molecule has 2 saturated heterocycles. The highest BCUT2D eigenvalue weighted by molar-refractivity contribution is 7.99. The molecule has 2 fully saturated rings. The molecule has 1 unspecified atom stereocenters. The summed E-state index contributed by atoms with van der Waals surface area (Å²) in [7, 11) is 0. The number of piperidine rings is 1. The minimum atomic E-state index is 0.0690. The van der Waals surface area contributed by atoms with Crippen LogP contribution in [0.1, 0.15) is 25.7 Å². The Labute approximate surface area is 170 Å². The number of nitrogens with zero attached hydrogens (tertiary/aromatic N) is 3. The molecule has 0 spiro atoms. The van der Waals surface area contributed by atoms with Gasteiger partial charge in [-0.3, -0.25) is 4.79 Å². The van der Waals surface area contributed by atoms with E-state index in [0.29, 0.717) is 6.54 Å². The van der Waals surface area contributed by atoms with E-state index in [1.165, 1.54) is 0 Å². The Balaban J connectivity index is 1.33. The Morgan fingerprint density at radius 1 is 1.14 bits per heavy atom. The van der Waals surface area contributed by atoms with Gasteiger partial charge in [0.25, 0.3) is 0 Å². The van der Waals surface area contributed by atoms with Gasteiger partial charge in [-0.25, -0.2) is 9.97 Å². The molecule has 0 bridgehead atoms. The highest BCUT2D eigenvalue weighted by Gasteiger charge is 2.27. The van der Waals surface area contributed by atoms with Crippen molar-refractivity contribution in [3.05, 3.63) is 42.7 Å². The zero-order chi connectivity index (χ0) is 19.2. The number of anilines is 1. The van der Waals surface area contributed by atoms with Gasteiger partial charge in [-0.1, -0.05) is 30.0 Å². The van der Waals surface area contributed by atoms with Crippen molar-refractivity contribution in [2.75, 3.05) is 31.1 Å². The van der Waals surface area contributed by atoms with Crippen LogP contribution in [0.25, 0.3) is 0 Å². The minimum absolute atomic E-state index is 0.0690. The van der Waals surface area contributed by atoms with Crippen molar-refractivity contribution in [1.82, 2.24) is 15.3 Å². The number of rotatable bonds is 6. The third-order valence-corrected chi connectivity index (χ3v) is 6.29. The molecule has 7 heteroatoms. The third kappa shape index (κ3) is 4.83. The lowest BCUT2D eigenvalue weighted by molar-refractivity contribution is -0.126. The smallest absolute Gasteiger partial charge is 0.223 e. The standard InChI is InChI=1S/C21H26N4O2S/c26-20(24-15-17-5-4-14-27-17)16-8-12-25(13-9-16)19-21(23-11-10-22-19)28-18-6-2-1-3-7-18/h1-3,6-7,10-11,16-17H,4-5,8-9,12-15H2,(H,24,26). The van der Waals surface area contributed by atoms with Crippen molar-refractivity contribution in [1.29, 1.82) is 0 Å². The zero-order valence-electron chi connectivity index (χ0n) is 15.9. The Bertz CT molecular complexity index is 775. The number of hydrogen-bond donors (Lipinski definition) is 1. The monoisotopic (exact) mass is 398 g/mol. The van der Waals surface area contributed by atoms with Gasteiger partial charge in [0.05, 0.1) is 6.10 Å². The summed E-state index contributed by atoms with van der Waals surface area (Å²) in [6.07, 6.45) is 7.49. The molecule has 2 aliphatic heterocycles. The molecule has 1 atom stereocenters. The Hall–Kier alpha value is -2.12. The maximum absolute atomic E-state index is 12.5. The molecule has 6 nitrogen and oxygen atoms in total. The largest absolute Gasteiger partial charge is 0.376 e. The molecule has 2 aromatic rings. The Kier molecular flexibility index (Phi) is 6.44. The van der Waals surface area contributed by atoms with E-state index in [9.17, 15) is 4.79 Å². The molecular formula is C21H26N4O2S. The van der Waals surface area contributed by atoms with E-state index in [1.54, 1.807) is 24.2 Å². The molecule has 2 aliphatic rings. The number of hydrogen-bond acceptors (Lipinski definition) is 6. The quantitative estimate of drug-likeness (QED) is 0.806. The lowest BCUT2D eigenvalue weighted by Gasteiger charge is -2.32. The van der Waals surface area contributed by atoms with Gasteiger partial charge in [0.15, 0.2) is 5.82 Å². The lowest BCUT2D eigenvalue weighted by Crippen LogP contribution is -2.42. The van der Waals surface area contributed by atoms with Crippen molar-refractivity contribution in [2.45, 2.75) is 41.7 Å². The minimum Gasteiger partial charge on any atom is -0.376 e. The lowest BCUT2D eigenvalue weighted by atomic mass is 9.96. The average Bonchev–Trinajstić information content (AvgIpc) is 3.27. The summed E-state index contributed by atoms with van der Waals surface area (Å²) in [5.41, 5.74) is 0. The van der Waals surface area contributed by atoms with Crippen LogP contribution in [-0.2, 0) is 9.53 Å². The van der Waals surface area contributed by atoms with E-state index in [1.807, 2.05) is 18.2 Å². The van der Waals surface area contributed by atoms with Gasteiger partial charge in [-0.2, -0.15) is 0 Å². The first-order chi connectivity index (χ1) is 13.8. The van der Waals surface area contributed by atoms with E-state index < -0.39 is 0 Å². The summed E-state index contributed by atoms with van der Waals surface area (Å²) in [5, 5.41) is 3.99. The number of nitrogens with one attached hydrogen (secondary N) is 1. The fraction of sp³-hybridized carbons (Fsp3) is 0.476. The Morgan fingerprint density at radius 3 is 2.68 bits per heavy atom. The molecule has 3 heterocycles. The normalized spacial score (nSPS) is 20.3. The number of carbonyl (C=O) groups is 1. The summed E-state index contributed by atoms with van der Waals surface area (Å²) in [6.45, 7) is 3.10. The molecule has 0 aliphatic carbocycles. The van der Waals surface area contributed by atoms with Gasteiger partial charge in [0, 0.05) is 49.4 Å². The fourth-order valence-electron chi connectivity index (χ4n) is 3.72. The number of ether oxygens (including phenoxy) is 1. The van der Waals surface area contributed by atoms with Gasteiger partial charge in [-0.15, -0.1) is 0 Å². The summed E-state index contributed by atoms with van der Waals surface area (Å²) < 4.78 is 5.59. The maximum Gasteiger partial charge on any atom is 0.223 e. The van der Waals surface area contributed by atoms with Crippen LogP contribution in [0.15, 0.2) is 52.6 Å². The van der Waals surface area contributed by atoms with Gasteiger partial charge in [-0.05, 0) is 37.8 Å². The molecular weight excluding hydrogens is 372 g/mol. The van der Waals surface area contributed by atoms with E-state index in [2.05, 4.69) is 32.3 Å². The molecule has 28 heavy (non-hydrogen) atoms. The van der Waals surface area contributed by atoms with Gasteiger partial charge < -0.3 is 15.0 Å². The van der Waals surface area contributed by atoms with Crippen molar-refractivity contribution < 1.29 is 9.53 Å². The first-order valence-corrected chi connectivity index (χ1v) is 10.8. The predicted molar refractivity (Wildman–Crippen MR) is 110 cm³/mol. The summed E-state index contributed by atoms with van der Waals surface area (Å²) >= 11 is 1.63. The second-order valence-electron chi connectivity index (χ2n) is 7.24. The van der Waals surface area contributed by atoms with Crippen LogP contribution in [0.2, 0.25) is 0 Å². The van der Waals surface area contributed by atoms with Gasteiger partial charge >= 0.3 is 0 Å². The number of aromatic nitrogens is 2. The van der Waals surface area contributed by atoms with E-state index in [0.717, 1.165) is 61.1 Å². The first kappa shape index (κ1) is 19.2. The van der Waals surface area contributed by atoms with Crippen molar-refractivity contribution in [3.8, 4) is 0 Å². The van der Waals surface area contributed by atoms with E-state index >= 15 is 0 Å². The topological polar surface area (TPSA) is 67.3 Å². The summed E-state index contributed by atoms with van der Waals surface area (Å²) in [6, 6.07) is 10.2. The third-order valence-electron chi connectivity index (χ3n) is 5.30. The van der Waals surface area contributed by atoms with Crippen LogP contribution in [0.5, 0.6) is 0 Å². The van der Waals surface area contributed by atoms with Crippen LogP contribution >= 0.6 is 11.8 Å². The van der Waals surface area contributed by atoms with Gasteiger partial charge in [0.1, 0.15) is 5.03 Å². The molecule has 0 radical (unpaired) electrons. The number of benzene rings is 1. The van der Waals surface area contributed by atoms with Gasteiger partial charge in [0.2, 0.25) is 5.91 Å². The molecule has 148 valence electrons. The molecule has 4 rings (SSSR count). The second-order valence-corrected chi connectivity index (χ2v) is 8.30. The van der Waals surface area contributed by atoms with E-state index in [-0.39, 0.29) is 17.9 Å². The van der Waals surface area contributed by atoms with Crippen molar-refractivity contribution >= 4 is 23.5 Å². The summed E-state index contributed by atoms with van der Waals surface area (Å²) in [4.78, 5) is 25.0. The predicted octanol–water partition coefficient (Wildman–Crippen LogP) is 3.14. The van der Waals surface area contributed by atoms with Crippen molar-refractivity contribution in [2.24, 2.45) is 5.92 Å². The average molecular weight is 399 g/mol. The maximum atomic E-state index is 12.5. The van der Waals surface area contributed by atoms with Crippen LogP contribution in [-0.4, -0.2) is 48.2 Å². The molecule has 0 saturated carbocycles. The second kappa shape index (κ2) is 9.39. The fourth-order valence-corrected chi connectivity index (χ4v) is 4.63. The van der Waals surface area contributed by atoms with E-state index in [4.69, 9.17) is 4.74 Å². The number of amides is 1. The molecule has 1 N–H and O–H groups in total. The SMILES string of the molecule is O=C(NCC1CCCO1)C1CCN(c2nccnc2Sc2ccccc2)CC1. The van der Waals surface area contributed by atoms with Crippen molar-refractivity contribution in [3.63, 3.8) is 0 Å². The highest BCUT2D eigenvalue weighted by Crippen LogP contribution is 2.33. The Morgan fingerprint density at radius 2 is 1.93 bits per heavy atom.